The topological polar surface area (TPSA) is 0 Å². The van der Waals surface area contributed by atoms with E-state index in [1.165, 1.54) is 88.7 Å². The van der Waals surface area contributed by atoms with E-state index < -0.39 is 0 Å². The molecule has 0 fully saturated rings. The Kier molecular flexibility index (Phi) is 25.2. The molecule has 0 aromatic heterocycles. The van der Waals surface area contributed by atoms with Crippen molar-refractivity contribution in [3.63, 3.8) is 0 Å². The molecule has 0 spiro atoms. The Balaban J connectivity index is 0. The van der Waals surface area contributed by atoms with Gasteiger partial charge in [-0.25, -0.2) is 0 Å². The summed E-state index contributed by atoms with van der Waals surface area (Å²) in [6, 6.07) is 25.7. The van der Waals surface area contributed by atoms with E-state index in [-0.39, 0.29) is 0 Å². The van der Waals surface area contributed by atoms with Crippen molar-refractivity contribution in [1.82, 2.24) is 0 Å². The smallest absolute Gasteiger partial charge is 0.0103 e. The third-order valence-corrected chi connectivity index (χ3v) is 9.79. The van der Waals surface area contributed by atoms with Gasteiger partial charge in [0.2, 0.25) is 0 Å². The molecule has 0 unspecified atom stereocenters. The van der Waals surface area contributed by atoms with Crippen molar-refractivity contribution in [3.8, 4) is 0 Å². The van der Waals surface area contributed by atoms with E-state index in [9.17, 15) is 0 Å². The third-order valence-electron chi connectivity index (χ3n) is 9.79. The first-order valence-electron chi connectivity index (χ1n) is 18.9. The number of aryl methyl sites for hydroxylation is 4. The lowest BCUT2D eigenvalue weighted by Crippen LogP contribution is -2.25. The quantitative estimate of drug-likeness (QED) is 0.190. The second kappa shape index (κ2) is 25.4. The molecule has 0 aliphatic heterocycles. The van der Waals surface area contributed by atoms with Crippen LogP contribution in [0.4, 0.5) is 0 Å². The fourth-order valence-corrected chi connectivity index (χ4v) is 3.80. The average molecular weight is 643 g/mol. The maximum atomic E-state index is 2.28. The van der Waals surface area contributed by atoms with Crippen LogP contribution in [0.25, 0.3) is 21.5 Å². The molecule has 0 heteroatoms. The van der Waals surface area contributed by atoms with E-state index in [2.05, 4.69) is 190 Å². The predicted molar refractivity (Wildman–Crippen MR) is 221 cm³/mol. The molecule has 0 N–H and O–H groups in total. The molecule has 266 valence electrons. The zero-order valence-corrected chi connectivity index (χ0v) is 34.5. The predicted octanol–water partition coefficient (Wildman–Crippen LogP) is 16.4. The Morgan fingerprint density at radius 2 is 0.702 bits per heavy atom. The van der Waals surface area contributed by atoms with Gasteiger partial charge in [0.1, 0.15) is 0 Å². The van der Waals surface area contributed by atoms with Crippen molar-refractivity contribution >= 4 is 21.5 Å². The highest BCUT2D eigenvalue weighted by atomic mass is 14.3. The number of unbranched alkanes of at least 4 members (excludes halogenated alkanes) is 3. The molecule has 0 aliphatic carbocycles. The van der Waals surface area contributed by atoms with Crippen molar-refractivity contribution in [2.24, 2.45) is 16.7 Å². The van der Waals surface area contributed by atoms with Crippen LogP contribution in [0.5, 0.6) is 0 Å². The number of rotatable bonds is 5. The normalized spacial score (nSPS) is 10.6. The van der Waals surface area contributed by atoms with E-state index in [1.807, 2.05) is 0 Å². The highest BCUT2D eigenvalue weighted by molar-refractivity contribution is 6.10. The van der Waals surface area contributed by atoms with Gasteiger partial charge in [-0.15, -0.1) is 0 Å². The molecule has 0 radical (unpaired) electrons. The van der Waals surface area contributed by atoms with E-state index >= 15 is 0 Å². The van der Waals surface area contributed by atoms with E-state index in [0.29, 0.717) is 10.8 Å². The average Bonchev–Trinajstić information content (AvgIpc) is 3.05. The summed E-state index contributed by atoms with van der Waals surface area (Å²) in [5.74, 6) is 0.935. The highest BCUT2D eigenvalue weighted by Crippen LogP contribution is 2.36. The van der Waals surface area contributed by atoms with Gasteiger partial charge in [-0.2, -0.15) is 0 Å². The maximum Gasteiger partial charge on any atom is -0.0103 e. The van der Waals surface area contributed by atoms with Crippen LogP contribution in [0.2, 0.25) is 0 Å². The molecular formula is C47H78. The van der Waals surface area contributed by atoms with Gasteiger partial charge < -0.3 is 0 Å². The highest BCUT2D eigenvalue weighted by Gasteiger charge is 2.26. The van der Waals surface area contributed by atoms with E-state index in [4.69, 9.17) is 0 Å². The van der Waals surface area contributed by atoms with Gasteiger partial charge in [0.15, 0.2) is 0 Å². The fourth-order valence-electron chi connectivity index (χ4n) is 3.80. The van der Waals surface area contributed by atoms with Gasteiger partial charge in [-0.05, 0) is 88.2 Å². The van der Waals surface area contributed by atoms with Gasteiger partial charge >= 0.3 is 0 Å². The largest absolute Gasteiger partial charge is 0.0654 e. The standard InChI is InChI=1S/C16H14.C8H10.C8H18.C6H14.C5H12.C4H10/c1-11-12(2)14-8-4-6-10-16(14)15-9-5-3-7-13(11)15;1-7-5-3-4-6-8(7)2;1-7(2,3)8(4,5)6;1-4-6(3)5-2;1-3-5-4-2;1-3-4-2/h3-10H,1-2H3;3-6H,1-2H3;1-6H3;6H,4-5H2,1-3H3;3-5H2,1-2H3;3-4H2,1-2H3. The lowest BCUT2D eigenvalue weighted by Gasteiger charge is -2.34. The molecule has 0 saturated carbocycles. The second-order valence-electron chi connectivity index (χ2n) is 15.2. The summed E-state index contributed by atoms with van der Waals surface area (Å²) in [4.78, 5) is 0. The van der Waals surface area contributed by atoms with Gasteiger partial charge in [-0.1, -0.05) is 208 Å². The zero-order valence-electron chi connectivity index (χ0n) is 34.5. The second-order valence-corrected chi connectivity index (χ2v) is 15.2. The van der Waals surface area contributed by atoms with Crippen molar-refractivity contribution in [1.29, 1.82) is 0 Å². The number of fused-ring (bicyclic) bond motifs is 3. The Morgan fingerprint density at radius 3 is 0.872 bits per heavy atom. The van der Waals surface area contributed by atoms with Crippen LogP contribution in [-0.2, 0) is 0 Å². The Hall–Kier alpha value is -2.60. The van der Waals surface area contributed by atoms with Crippen molar-refractivity contribution in [3.05, 3.63) is 95.1 Å². The van der Waals surface area contributed by atoms with E-state index in [0.717, 1.165) is 5.92 Å². The minimum atomic E-state index is 0.437. The van der Waals surface area contributed by atoms with Gasteiger partial charge in [0, 0.05) is 0 Å². The molecule has 0 atom stereocenters. The number of hydrogen-bond donors (Lipinski definition) is 0. The van der Waals surface area contributed by atoms with Crippen LogP contribution in [0.15, 0.2) is 72.8 Å². The summed E-state index contributed by atoms with van der Waals surface area (Å²) in [6.45, 7) is 37.8. The van der Waals surface area contributed by atoms with Gasteiger partial charge in [-0.3, -0.25) is 0 Å². The third kappa shape index (κ3) is 19.1. The SMILES string of the molecule is CC(C)(C)C(C)(C)C.CCC(C)CC.CCCC.CCCCC.Cc1c(C)c2ccccc2c2ccccc12.Cc1ccccc1C. The maximum absolute atomic E-state index is 2.28. The summed E-state index contributed by atoms with van der Waals surface area (Å²) in [6.07, 6.45) is 9.38. The molecule has 0 nitrogen and oxygen atoms in total. The van der Waals surface area contributed by atoms with Crippen LogP contribution in [0.1, 0.15) is 157 Å². The molecule has 4 rings (SSSR count). The van der Waals surface area contributed by atoms with Crippen LogP contribution >= 0.6 is 0 Å². The molecular weight excluding hydrogens is 565 g/mol. The summed E-state index contributed by atoms with van der Waals surface area (Å²) in [7, 11) is 0. The lowest BCUT2D eigenvalue weighted by molar-refractivity contribution is 0.157. The van der Waals surface area contributed by atoms with Crippen LogP contribution in [-0.4, -0.2) is 0 Å². The van der Waals surface area contributed by atoms with Gasteiger partial charge in [0.05, 0.1) is 0 Å². The van der Waals surface area contributed by atoms with Crippen LogP contribution in [0, 0.1) is 44.4 Å². The monoisotopic (exact) mass is 643 g/mol. The minimum absolute atomic E-state index is 0.437. The lowest BCUT2D eigenvalue weighted by atomic mass is 9.71. The number of benzene rings is 4. The molecule has 4 aromatic rings. The van der Waals surface area contributed by atoms with Crippen LogP contribution < -0.4 is 0 Å². The van der Waals surface area contributed by atoms with Gasteiger partial charge in [0.25, 0.3) is 0 Å². The summed E-state index contributed by atoms with van der Waals surface area (Å²) in [5.41, 5.74) is 6.41. The molecule has 0 bridgehead atoms. The summed E-state index contributed by atoms with van der Waals surface area (Å²) < 4.78 is 0. The Bertz CT molecular complexity index is 1220. The first-order chi connectivity index (χ1) is 22.0. The molecule has 0 aliphatic rings. The van der Waals surface area contributed by atoms with Crippen molar-refractivity contribution in [2.45, 2.75) is 163 Å². The van der Waals surface area contributed by atoms with Crippen molar-refractivity contribution < 1.29 is 0 Å². The van der Waals surface area contributed by atoms with Crippen LogP contribution in [0.3, 0.4) is 0 Å². The minimum Gasteiger partial charge on any atom is -0.0654 e. The van der Waals surface area contributed by atoms with Crippen molar-refractivity contribution in [2.75, 3.05) is 0 Å². The first-order valence-corrected chi connectivity index (χ1v) is 18.9. The summed E-state index contributed by atoms with van der Waals surface area (Å²) >= 11 is 0. The molecule has 0 heterocycles. The zero-order chi connectivity index (χ0) is 36.6. The first kappa shape index (κ1) is 46.5. The Morgan fingerprint density at radius 1 is 0.426 bits per heavy atom. The molecule has 0 saturated heterocycles. The molecule has 47 heavy (non-hydrogen) atoms. The number of hydrogen-bond acceptors (Lipinski definition) is 0. The Labute approximate surface area is 295 Å². The summed E-state index contributed by atoms with van der Waals surface area (Å²) in [5, 5.41) is 5.47. The van der Waals surface area contributed by atoms with E-state index in [1.54, 1.807) is 0 Å². The molecule has 4 aromatic carbocycles. The fraction of sp³-hybridized carbons (Fsp3) is 0.574. The molecule has 0 amide bonds.